The van der Waals surface area contributed by atoms with Crippen LogP contribution in [0.25, 0.3) is 0 Å². The fourth-order valence-corrected chi connectivity index (χ4v) is 4.04. The smallest absolute Gasteiger partial charge is 0.244 e. The minimum Gasteiger partial charge on any atom is -0.355 e. The van der Waals surface area contributed by atoms with Crippen LogP contribution in [0.1, 0.15) is 19.4 Å². The van der Waals surface area contributed by atoms with Crippen molar-refractivity contribution < 1.29 is 22.4 Å². The number of rotatable bonds is 9. The Balaban J connectivity index is 2.37. The zero-order valence-electron chi connectivity index (χ0n) is 17.5. The quantitative estimate of drug-likeness (QED) is 0.558. The van der Waals surface area contributed by atoms with E-state index in [9.17, 15) is 22.4 Å². The Labute approximate surface area is 190 Å². The highest BCUT2D eigenvalue weighted by Crippen LogP contribution is 2.20. The van der Waals surface area contributed by atoms with Gasteiger partial charge in [-0.2, -0.15) is 0 Å². The number of carbonyl (C=O) groups is 2. The van der Waals surface area contributed by atoms with Gasteiger partial charge < -0.3 is 10.2 Å². The lowest BCUT2D eigenvalue weighted by Gasteiger charge is -2.31. The van der Waals surface area contributed by atoms with Crippen molar-refractivity contribution in [2.75, 3.05) is 23.7 Å². The number of hydrogen-bond acceptors (Lipinski definition) is 4. The van der Waals surface area contributed by atoms with Crippen molar-refractivity contribution in [3.8, 4) is 0 Å². The van der Waals surface area contributed by atoms with Crippen molar-refractivity contribution in [3.05, 3.63) is 64.4 Å². The highest BCUT2D eigenvalue weighted by Gasteiger charge is 2.30. The molecule has 0 saturated carbocycles. The predicted molar refractivity (Wildman–Crippen MR) is 121 cm³/mol. The first-order chi connectivity index (χ1) is 14.5. The Hall–Kier alpha value is -2.46. The summed E-state index contributed by atoms with van der Waals surface area (Å²) in [5, 5.41) is 2.68. The van der Waals surface area contributed by atoms with E-state index >= 15 is 0 Å². The zero-order chi connectivity index (χ0) is 23.2. The van der Waals surface area contributed by atoms with Crippen molar-refractivity contribution in [1.82, 2.24) is 10.2 Å². The van der Waals surface area contributed by atoms with Gasteiger partial charge in [-0.15, -0.1) is 0 Å². The third-order valence-corrected chi connectivity index (χ3v) is 6.23. The summed E-state index contributed by atoms with van der Waals surface area (Å²) < 4.78 is 40.1. The first-order valence-corrected chi connectivity index (χ1v) is 12.2. The molecule has 0 spiro atoms. The molecule has 10 heteroatoms. The van der Waals surface area contributed by atoms with E-state index in [-0.39, 0.29) is 18.1 Å². The third-order valence-electron chi connectivity index (χ3n) is 4.56. The van der Waals surface area contributed by atoms with Crippen LogP contribution < -0.4 is 9.62 Å². The lowest BCUT2D eigenvalue weighted by Crippen LogP contribution is -2.51. The van der Waals surface area contributed by atoms with Gasteiger partial charge in [-0.25, -0.2) is 12.8 Å². The maximum absolute atomic E-state index is 13.7. The van der Waals surface area contributed by atoms with Crippen molar-refractivity contribution in [3.63, 3.8) is 0 Å². The molecule has 2 aromatic rings. The number of carbonyl (C=O) groups excluding carboxylic acids is 2. The van der Waals surface area contributed by atoms with Crippen LogP contribution >= 0.6 is 15.9 Å². The molecule has 0 aliphatic rings. The highest BCUT2D eigenvalue weighted by molar-refractivity contribution is 9.10. The van der Waals surface area contributed by atoms with Crippen molar-refractivity contribution >= 4 is 43.5 Å². The van der Waals surface area contributed by atoms with Crippen molar-refractivity contribution in [2.45, 2.75) is 26.4 Å². The fraction of sp³-hybridized carbons (Fsp3) is 0.333. The zero-order valence-corrected chi connectivity index (χ0v) is 19.9. The molecule has 7 nitrogen and oxygen atoms in total. The summed E-state index contributed by atoms with van der Waals surface area (Å²) in [5.74, 6) is -1.57. The first-order valence-electron chi connectivity index (χ1n) is 9.57. The minimum absolute atomic E-state index is 0.0325. The standard InChI is InChI=1S/C21H25BrFN3O4S/c1-4-24-21(28)15(2)25(13-16-8-10-17(22)11-9-16)20(27)14-26(31(3,29)30)19-7-5-6-18(23)12-19/h5-12,15H,4,13-14H2,1-3H3,(H,24,28)/t15-/m0/s1. The summed E-state index contributed by atoms with van der Waals surface area (Å²) in [6, 6.07) is 11.4. The maximum atomic E-state index is 13.7. The predicted octanol–water partition coefficient (Wildman–Crippen LogP) is 2.91. The average molecular weight is 514 g/mol. The SMILES string of the molecule is CCNC(=O)[C@H](C)N(Cc1ccc(Br)cc1)C(=O)CN(c1cccc(F)c1)S(C)(=O)=O. The summed E-state index contributed by atoms with van der Waals surface area (Å²) >= 11 is 3.35. The molecule has 0 saturated heterocycles. The monoisotopic (exact) mass is 513 g/mol. The molecule has 0 aliphatic carbocycles. The van der Waals surface area contributed by atoms with Crippen molar-refractivity contribution in [2.24, 2.45) is 0 Å². The van der Waals surface area contributed by atoms with Crippen LogP contribution in [-0.2, 0) is 26.2 Å². The van der Waals surface area contributed by atoms with E-state index in [0.717, 1.165) is 26.7 Å². The molecule has 2 amide bonds. The molecule has 0 bridgehead atoms. The van der Waals surface area contributed by atoms with Gasteiger partial charge in [-0.3, -0.25) is 13.9 Å². The molecule has 0 aliphatic heterocycles. The molecule has 2 aromatic carbocycles. The Bertz CT molecular complexity index is 1030. The number of sulfonamides is 1. The number of halogens is 2. The number of benzene rings is 2. The van der Waals surface area contributed by atoms with Gasteiger partial charge >= 0.3 is 0 Å². The van der Waals surface area contributed by atoms with E-state index in [2.05, 4.69) is 21.2 Å². The number of likely N-dealkylation sites (N-methyl/N-ethyl adjacent to an activating group) is 1. The molecule has 0 radical (unpaired) electrons. The van der Waals surface area contributed by atoms with Gasteiger partial charge in [0.2, 0.25) is 21.8 Å². The molecule has 0 fully saturated rings. The van der Waals surface area contributed by atoms with E-state index in [4.69, 9.17) is 0 Å². The lowest BCUT2D eigenvalue weighted by atomic mass is 10.1. The summed E-state index contributed by atoms with van der Waals surface area (Å²) in [5.41, 5.74) is 0.800. The summed E-state index contributed by atoms with van der Waals surface area (Å²) in [6.07, 6.45) is 0.942. The Morgan fingerprint density at radius 3 is 2.35 bits per heavy atom. The van der Waals surface area contributed by atoms with E-state index in [1.807, 2.05) is 12.1 Å². The van der Waals surface area contributed by atoms with Gasteiger partial charge in [0, 0.05) is 17.6 Å². The molecular formula is C21H25BrFN3O4S. The normalized spacial score (nSPS) is 12.2. The number of nitrogens with zero attached hydrogens (tertiary/aromatic N) is 2. The molecule has 1 atom stereocenters. The van der Waals surface area contributed by atoms with E-state index in [1.54, 1.807) is 26.0 Å². The van der Waals surface area contributed by atoms with Crippen LogP contribution in [0.4, 0.5) is 10.1 Å². The Kier molecular flexibility index (Phi) is 8.58. The van der Waals surface area contributed by atoms with Crippen LogP contribution in [0.15, 0.2) is 53.0 Å². The van der Waals surface area contributed by atoms with Crippen LogP contribution in [0.3, 0.4) is 0 Å². The van der Waals surface area contributed by atoms with Gasteiger partial charge in [-0.1, -0.05) is 34.1 Å². The molecule has 0 aromatic heterocycles. The second kappa shape index (κ2) is 10.7. The molecular weight excluding hydrogens is 489 g/mol. The van der Waals surface area contributed by atoms with Gasteiger partial charge in [0.15, 0.2) is 0 Å². The van der Waals surface area contributed by atoms with E-state index < -0.39 is 34.3 Å². The largest absolute Gasteiger partial charge is 0.355 e. The van der Waals surface area contributed by atoms with Crippen LogP contribution in [0, 0.1) is 5.82 Å². The second-order valence-electron chi connectivity index (χ2n) is 6.97. The second-order valence-corrected chi connectivity index (χ2v) is 9.79. The average Bonchev–Trinajstić information content (AvgIpc) is 2.70. The molecule has 168 valence electrons. The number of amides is 2. The summed E-state index contributed by atoms with van der Waals surface area (Å²) in [6.45, 7) is 3.27. The van der Waals surface area contributed by atoms with E-state index in [1.165, 1.54) is 23.1 Å². The third kappa shape index (κ3) is 7.03. The van der Waals surface area contributed by atoms with Gasteiger partial charge in [0.25, 0.3) is 0 Å². The molecule has 0 unspecified atom stereocenters. The van der Waals surface area contributed by atoms with Gasteiger partial charge in [0.05, 0.1) is 11.9 Å². The number of anilines is 1. The minimum atomic E-state index is -3.89. The molecule has 0 heterocycles. The van der Waals surface area contributed by atoms with E-state index in [0.29, 0.717) is 6.54 Å². The number of hydrogen-bond donors (Lipinski definition) is 1. The highest BCUT2D eigenvalue weighted by atomic mass is 79.9. The van der Waals surface area contributed by atoms with Gasteiger partial charge in [0.1, 0.15) is 18.4 Å². The molecule has 2 rings (SSSR count). The molecule has 31 heavy (non-hydrogen) atoms. The topological polar surface area (TPSA) is 86.8 Å². The number of nitrogens with one attached hydrogen (secondary N) is 1. The molecule has 1 N–H and O–H groups in total. The van der Waals surface area contributed by atoms with Crippen molar-refractivity contribution in [1.29, 1.82) is 0 Å². The van der Waals surface area contributed by atoms with Gasteiger partial charge in [-0.05, 0) is 49.7 Å². The lowest BCUT2D eigenvalue weighted by molar-refractivity contribution is -0.139. The van der Waals surface area contributed by atoms with Crippen LogP contribution in [-0.4, -0.2) is 50.5 Å². The Morgan fingerprint density at radius 1 is 1.16 bits per heavy atom. The maximum Gasteiger partial charge on any atom is 0.244 e. The van der Waals surface area contributed by atoms with Crippen LogP contribution in [0.2, 0.25) is 0 Å². The Morgan fingerprint density at radius 2 is 1.81 bits per heavy atom. The summed E-state index contributed by atoms with van der Waals surface area (Å²) in [7, 11) is -3.89. The first kappa shape index (κ1) is 24.8. The fourth-order valence-electron chi connectivity index (χ4n) is 2.94. The van der Waals surface area contributed by atoms with Crippen LogP contribution in [0.5, 0.6) is 0 Å². The summed E-state index contributed by atoms with van der Waals surface area (Å²) in [4.78, 5) is 27.0.